The second kappa shape index (κ2) is 5.43. The Bertz CT molecular complexity index is 207. The molecule has 0 aliphatic carbocycles. The Labute approximate surface area is 81.2 Å². The van der Waals surface area contributed by atoms with Crippen LogP contribution in [0.3, 0.4) is 0 Å². The minimum absolute atomic E-state index is 0.0398. The standard InChI is InChI=1S/C8H12O2S2/c1-5(9)7(11-3)8(12-4)6(2)10/h1-4H3. The molecule has 0 atom stereocenters. The Hall–Kier alpha value is -0.220. The van der Waals surface area contributed by atoms with Crippen molar-refractivity contribution in [1.29, 1.82) is 0 Å². The van der Waals surface area contributed by atoms with Crippen molar-refractivity contribution in [3.05, 3.63) is 9.81 Å². The van der Waals surface area contributed by atoms with E-state index in [9.17, 15) is 9.59 Å². The van der Waals surface area contributed by atoms with Crippen molar-refractivity contribution in [3.63, 3.8) is 0 Å². The molecule has 0 N–H and O–H groups in total. The quantitative estimate of drug-likeness (QED) is 0.657. The first kappa shape index (κ1) is 11.8. The number of ketones is 2. The Morgan fingerprint density at radius 2 is 1.08 bits per heavy atom. The van der Waals surface area contributed by atoms with Gasteiger partial charge in [-0.15, -0.1) is 23.5 Å². The predicted octanol–water partition coefficient (Wildman–Crippen LogP) is 2.10. The number of thioether (sulfide) groups is 2. The van der Waals surface area contributed by atoms with Gasteiger partial charge in [-0.1, -0.05) is 0 Å². The van der Waals surface area contributed by atoms with Gasteiger partial charge in [0, 0.05) is 0 Å². The number of rotatable bonds is 4. The molecule has 0 amide bonds. The van der Waals surface area contributed by atoms with Crippen LogP contribution in [0.5, 0.6) is 0 Å². The van der Waals surface area contributed by atoms with Gasteiger partial charge in [-0.05, 0) is 26.4 Å². The molecule has 68 valence electrons. The van der Waals surface area contributed by atoms with Gasteiger partial charge in [0.15, 0.2) is 11.6 Å². The van der Waals surface area contributed by atoms with Crippen LogP contribution in [0.4, 0.5) is 0 Å². The van der Waals surface area contributed by atoms with E-state index in [0.29, 0.717) is 9.81 Å². The normalized spacial score (nSPS) is 12.3. The molecular formula is C8H12O2S2. The van der Waals surface area contributed by atoms with E-state index in [1.54, 1.807) is 12.5 Å². The molecule has 0 saturated carbocycles. The Kier molecular flexibility index (Phi) is 5.33. The van der Waals surface area contributed by atoms with Crippen molar-refractivity contribution in [2.24, 2.45) is 0 Å². The maximum Gasteiger partial charge on any atom is 0.167 e. The molecule has 4 heteroatoms. The van der Waals surface area contributed by atoms with E-state index < -0.39 is 0 Å². The lowest BCUT2D eigenvalue weighted by Crippen LogP contribution is -2.02. The minimum atomic E-state index is -0.0398. The van der Waals surface area contributed by atoms with E-state index in [-0.39, 0.29) is 11.6 Å². The molecule has 2 nitrogen and oxygen atoms in total. The van der Waals surface area contributed by atoms with Gasteiger partial charge in [0.1, 0.15) is 0 Å². The highest BCUT2D eigenvalue weighted by atomic mass is 32.2. The number of Topliss-reactive ketones (excluding diaryl/α,β-unsaturated/α-hetero) is 2. The molecule has 0 saturated heterocycles. The fourth-order valence-electron chi connectivity index (χ4n) is 0.793. The second-order valence-electron chi connectivity index (χ2n) is 2.18. The molecule has 0 fully saturated rings. The third kappa shape index (κ3) is 3.03. The lowest BCUT2D eigenvalue weighted by molar-refractivity contribution is -0.115. The van der Waals surface area contributed by atoms with E-state index in [1.807, 2.05) is 0 Å². The van der Waals surface area contributed by atoms with E-state index in [0.717, 1.165) is 0 Å². The van der Waals surface area contributed by atoms with Crippen LogP contribution in [-0.4, -0.2) is 24.1 Å². The lowest BCUT2D eigenvalue weighted by atomic mass is 10.3. The monoisotopic (exact) mass is 204 g/mol. The van der Waals surface area contributed by atoms with Crippen molar-refractivity contribution >= 4 is 35.1 Å². The summed E-state index contributed by atoms with van der Waals surface area (Å²) >= 11 is 2.65. The largest absolute Gasteiger partial charge is 0.294 e. The van der Waals surface area contributed by atoms with Gasteiger partial charge >= 0.3 is 0 Å². The Balaban J connectivity index is 5.01. The summed E-state index contributed by atoms with van der Waals surface area (Å²) in [4.78, 5) is 23.2. The molecular weight excluding hydrogens is 192 g/mol. The molecule has 0 aliphatic rings. The third-order valence-corrected chi connectivity index (χ3v) is 3.18. The molecule has 0 radical (unpaired) electrons. The van der Waals surface area contributed by atoms with Crippen molar-refractivity contribution < 1.29 is 9.59 Å². The fraction of sp³-hybridized carbons (Fsp3) is 0.500. The van der Waals surface area contributed by atoms with Gasteiger partial charge in [-0.2, -0.15) is 0 Å². The highest BCUT2D eigenvalue weighted by Gasteiger charge is 2.13. The minimum Gasteiger partial charge on any atom is -0.294 e. The number of hydrogen-bond donors (Lipinski definition) is 0. The number of allylic oxidation sites excluding steroid dienone is 2. The van der Waals surface area contributed by atoms with Gasteiger partial charge in [-0.25, -0.2) is 0 Å². The van der Waals surface area contributed by atoms with E-state index >= 15 is 0 Å². The molecule has 12 heavy (non-hydrogen) atoms. The summed E-state index contributed by atoms with van der Waals surface area (Å²) in [5.74, 6) is -0.0795. The number of carbonyl (C=O) groups is 2. The average molecular weight is 204 g/mol. The van der Waals surface area contributed by atoms with Gasteiger partial charge in [0.25, 0.3) is 0 Å². The zero-order valence-electron chi connectivity index (χ0n) is 7.63. The van der Waals surface area contributed by atoms with Crippen LogP contribution in [0.1, 0.15) is 13.8 Å². The van der Waals surface area contributed by atoms with Crippen molar-refractivity contribution in [1.82, 2.24) is 0 Å². The topological polar surface area (TPSA) is 34.1 Å². The van der Waals surface area contributed by atoms with Crippen LogP contribution < -0.4 is 0 Å². The van der Waals surface area contributed by atoms with Gasteiger partial charge < -0.3 is 0 Å². The van der Waals surface area contributed by atoms with Gasteiger partial charge in [0.05, 0.1) is 9.81 Å². The second-order valence-corrected chi connectivity index (χ2v) is 3.81. The zero-order valence-corrected chi connectivity index (χ0v) is 9.27. The number of hydrogen-bond acceptors (Lipinski definition) is 4. The summed E-state index contributed by atoms with van der Waals surface area (Å²) in [5, 5.41) is 0. The molecule has 0 spiro atoms. The van der Waals surface area contributed by atoms with E-state index in [1.165, 1.54) is 37.4 Å². The highest BCUT2D eigenvalue weighted by molar-refractivity contribution is 8.07. The molecule has 0 aromatic heterocycles. The summed E-state index contributed by atoms with van der Waals surface area (Å²) in [6.07, 6.45) is 3.60. The third-order valence-electron chi connectivity index (χ3n) is 1.25. The molecule has 0 bridgehead atoms. The molecule has 0 aromatic rings. The first-order chi connectivity index (χ1) is 5.54. The van der Waals surface area contributed by atoms with Crippen molar-refractivity contribution in [2.75, 3.05) is 12.5 Å². The first-order valence-electron chi connectivity index (χ1n) is 3.38. The smallest absolute Gasteiger partial charge is 0.167 e. The molecule has 0 aliphatic heterocycles. The number of carbonyl (C=O) groups excluding carboxylic acids is 2. The SMILES string of the molecule is CSC(C(C)=O)=C(SC)C(C)=O. The lowest BCUT2D eigenvalue weighted by Gasteiger charge is -2.04. The van der Waals surface area contributed by atoms with Crippen LogP contribution in [0.15, 0.2) is 9.81 Å². The highest BCUT2D eigenvalue weighted by Crippen LogP contribution is 2.25. The zero-order chi connectivity index (χ0) is 9.72. The van der Waals surface area contributed by atoms with E-state index in [4.69, 9.17) is 0 Å². The maximum atomic E-state index is 11.0. The molecule has 0 heterocycles. The summed E-state index contributed by atoms with van der Waals surface area (Å²) in [6.45, 7) is 2.95. The summed E-state index contributed by atoms with van der Waals surface area (Å²) in [7, 11) is 0. The first-order valence-corrected chi connectivity index (χ1v) is 5.83. The van der Waals surface area contributed by atoms with Crippen LogP contribution in [0.25, 0.3) is 0 Å². The Morgan fingerprint density at radius 1 is 0.833 bits per heavy atom. The summed E-state index contributed by atoms with van der Waals surface area (Å²) in [6, 6.07) is 0. The van der Waals surface area contributed by atoms with Crippen LogP contribution in [-0.2, 0) is 9.59 Å². The maximum absolute atomic E-state index is 11.0. The van der Waals surface area contributed by atoms with Gasteiger partial charge in [0.2, 0.25) is 0 Å². The van der Waals surface area contributed by atoms with Crippen molar-refractivity contribution in [3.8, 4) is 0 Å². The Morgan fingerprint density at radius 3 is 1.17 bits per heavy atom. The molecule has 0 unspecified atom stereocenters. The molecule has 0 rings (SSSR count). The summed E-state index contributed by atoms with van der Waals surface area (Å²) < 4.78 is 0. The average Bonchev–Trinajstić information content (AvgIpc) is 1.98. The van der Waals surface area contributed by atoms with E-state index in [2.05, 4.69) is 0 Å². The van der Waals surface area contributed by atoms with Gasteiger partial charge in [-0.3, -0.25) is 9.59 Å². The van der Waals surface area contributed by atoms with Crippen LogP contribution in [0.2, 0.25) is 0 Å². The van der Waals surface area contributed by atoms with Crippen LogP contribution in [0, 0.1) is 0 Å². The molecule has 0 aromatic carbocycles. The van der Waals surface area contributed by atoms with Crippen LogP contribution >= 0.6 is 23.5 Å². The fourth-order valence-corrected chi connectivity index (χ4v) is 2.53. The van der Waals surface area contributed by atoms with Crippen molar-refractivity contribution in [2.45, 2.75) is 13.8 Å². The summed E-state index contributed by atoms with van der Waals surface area (Å²) in [5.41, 5.74) is 0. The predicted molar refractivity (Wildman–Crippen MR) is 55.4 cm³/mol.